The van der Waals surface area contributed by atoms with Crippen molar-refractivity contribution in [2.45, 2.75) is 91.6 Å². The lowest BCUT2D eigenvalue weighted by Gasteiger charge is -2.24. The maximum atomic E-state index is 13.3. The molecule has 0 spiro atoms. The molecule has 224 valence electrons. The zero-order valence-electron chi connectivity index (χ0n) is 23.6. The van der Waals surface area contributed by atoms with Crippen molar-refractivity contribution in [1.82, 2.24) is 20.5 Å². The van der Waals surface area contributed by atoms with Crippen LogP contribution in [0.3, 0.4) is 0 Å². The van der Waals surface area contributed by atoms with Gasteiger partial charge in [-0.05, 0) is 38.5 Å². The molecule has 39 heavy (non-hydrogen) atoms. The number of hydrogen-bond donors (Lipinski definition) is 5. The molecule has 14 heteroatoms. The minimum Gasteiger partial charge on any atom is -0.345 e. The molecule has 14 nitrogen and oxygen atoms in total. The molecule has 0 heterocycles. The second kappa shape index (κ2) is 18.4. The lowest BCUT2D eigenvalue weighted by atomic mass is 9.85. The van der Waals surface area contributed by atoms with Gasteiger partial charge >= 0.3 is 0 Å². The molecule has 0 aromatic carbocycles. The first-order chi connectivity index (χ1) is 18.1. The fourth-order valence-electron chi connectivity index (χ4n) is 3.79. The first-order valence-corrected chi connectivity index (χ1v) is 13.1. The molecule has 0 unspecified atom stereocenters. The Hall–Kier alpha value is -2.94. The van der Waals surface area contributed by atoms with Crippen LogP contribution in [0.2, 0.25) is 0 Å². The van der Waals surface area contributed by atoms with Crippen molar-refractivity contribution in [1.29, 1.82) is 0 Å². The van der Waals surface area contributed by atoms with Crippen molar-refractivity contribution in [2.24, 2.45) is 17.6 Å². The highest BCUT2D eigenvalue weighted by Crippen LogP contribution is 2.20. The van der Waals surface area contributed by atoms with Crippen molar-refractivity contribution in [3.05, 3.63) is 0 Å². The molecule has 6 N–H and O–H groups in total. The number of amides is 4. The summed E-state index contributed by atoms with van der Waals surface area (Å²) in [6.45, 7) is 6.84. The van der Waals surface area contributed by atoms with Crippen LogP contribution in [-0.4, -0.2) is 97.7 Å². The van der Waals surface area contributed by atoms with E-state index in [0.717, 1.165) is 0 Å². The first-order valence-electron chi connectivity index (χ1n) is 13.1. The molecule has 4 amide bonds. The van der Waals surface area contributed by atoms with Crippen LogP contribution in [0, 0.1) is 11.8 Å². The van der Waals surface area contributed by atoms with E-state index in [1.807, 2.05) is 0 Å². The second-order valence-electron chi connectivity index (χ2n) is 9.95. The van der Waals surface area contributed by atoms with E-state index in [4.69, 9.17) is 5.73 Å². The van der Waals surface area contributed by atoms with Crippen LogP contribution in [0.15, 0.2) is 0 Å². The molecule has 0 aromatic rings. The molecule has 0 radical (unpaired) electrons. The van der Waals surface area contributed by atoms with Gasteiger partial charge in [0.05, 0.1) is 12.1 Å². The third kappa shape index (κ3) is 14.7. The molecule has 0 saturated heterocycles. The van der Waals surface area contributed by atoms with Gasteiger partial charge in [0.25, 0.3) is 0 Å². The summed E-state index contributed by atoms with van der Waals surface area (Å²) in [5, 5.41) is 32.8. The Labute approximate surface area is 229 Å². The lowest BCUT2D eigenvalue weighted by Crippen LogP contribution is -2.49. The average molecular weight is 560 g/mol. The molecule has 0 aliphatic carbocycles. The van der Waals surface area contributed by atoms with Gasteiger partial charge in [0.2, 0.25) is 23.6 Å². The largest absolute Gasteiger partial charge is 0.345 e. The van der Waals surface area contributed by atoms with Crippen LogP contribution in [0.1, 0.15) is 79.6 Å². The third-order valence-electron chi connectivity index (χ3n) is 6.22. The van der Waals surface area contributed by atoms with Crippen molar-refractivity contribution in [2.75, 3.05) is 19.6 Å². The van der Waals surface area contributed by atoms with Gasteiger partial charge in [0, 0.05) is 58.7 Å². The highest BCUT2D eigenvalue weighted by atomic mass is 16.5. The zero-order chi connectivity index (χ0) is 30.3. The zero-order valence-corrected chi connectivity index (χ0v) is 23.6. The summed E-state index contributed by atoms with van der Waals surface area (Å²) in [5.41, 5.74) is 5.94. The van der Waals surface area contributed by atoms with E-state index in [2.05, 4.69) is 5.32 Å². The SMILES string of the molecule is CC(=O)N(O)CCC[C@H](CC(=O)[C@H](CCCN(O)C(C)=O)NC(=O)[C@@H](N)CCCN(O)C(C)=O)C(=O)C(C)C. The van der Waals surface area contributed by atoms with Crippen molar-refractivity contribution in [3.8, 4) is 0 Å². The van der Waals surface area contributed by atoms with Crippen LogP contribution in [0.25, 0.3) is 0 Å². The molecule has 0 aliphatic rings. The normalized spacial score (nSPS) is 13.3. The predicted octanol–water partition coefficient (Wildman–Crippen LogP) is 0.653. The van der Waals surface area contributed by atoms with Gasteiger partial charge < -0.3 is 11.1 Å². The molecular formula is C25H45N5O9. The standard InChI is InChI=1S/C25H45N5O9/c1-16(2)24(35)20(9-6-12-28(37)17(3)31)15-23(34)22(11-8-14-30(39)19(5)33)27-25(36)21(26)10-7-13-29(38)18(4)32/h16,20-22,37-39H,6-15,26H2,1-5H3,(H,27,36)/t20-,21+,22+/m1/s1. The minimum atomic E-state index is -1.05. The van der Waals surface area contributed by atoms with Gasteiger partial charge in [-0.2, -0.15) is 0 Å². The van der Waals surface area contributed by atoms with Gasteiger partial charge in [-0.15, -0.1) is 0 Å². The second-order valence-corrected chi connectivity index (χ2v) is 9.95. The predicted molar refractivity (Wildman–Crippen MR) is 138 cm³/mol. The number of nitrogens with two attached hydrogens (primary N) is 1. The number of carbonyl (C=O) groups excluding carboxylic acids is 6. The van der Waals surface area contributed by atoms with E-state index in [0.29, 0.717) is 15.2 Å². The Morgan fingerprint density at radius 2 is 1.13 bits per heavy atom. The summed E-state index contributed by atoms with van der Waals surface area (Å²) in [6.07, 6.45) is 0.887. The fraction of sp³-hybridized carbons (Fsp3) is 0.760. The molecule has 0 bridgehead atoms. The molecule has 3 atom stereocenters. The van der Waals surface area contributed by atoms with Gasteiger partial charge in [-0.1, -0.05) is 13.8 Å². The molecule has 0 fully saturated rings. The Morgan fingerprint density at radius 3 is 1.54 bits per heavy atom. The quantitative estimate of drug-likeness (QED) is 0.110. The van der Waals surface area contributed by atoms with Gasteiger partial charge in [-0.25, -0.2) is 15.2 Å². The van der Waals surface area contributed by atoms with E-state index in [-0.39, 0.29) is 76.3 Å². The van der Waals surface area contributed by atoms with Crippen molar-refractivity contribution >= 4 is 35.2 Å². The Bertz CT molecular complexity index is 852. The van der Waals surface area contributed by atoms with E-state index in [1.54, 1.807) is 13.8 Å². The number of nitrogens with zero attached hydrogens (tertiary/aromatic N) is 3. The summed E-state index contributed by atoms with van der Waals surface area (Å²) in [6, 6.07) is -2.09. The third-order valence-corrected chi connectivity index (χ3v) is 6.22. The Kier molecular flexibility index (Phi) is 17.0. The monoisotopic (exact) mass is 559 g/mol. The fourth-order valence-corrected chi connectivity index (χ4v) is 3.79. The van der Waals surface area contributed by atoms with Crippen molar-refractivity contribution in [3.63, 3.8) is 0 Å². The number of ketones is 2. The van der Waals surface area contributed by atoms with Crippen LogP contribution < -0.4 is 11.1 Å². The highest BCUT2D eigenvalue weighted by molar-refractivity contribution is 5.94. The van der Waals surface area contributed by atoms with E-state index in [9.17, 15) is 44.4 Å². The summed E-state index contributed by atoms with van der Waals surface area (Å²) >= 11 is 0. The average Bonchev–Trinajstić information content (AvgIpc) is 2.85. The molecular weight excluding hydrogens is 514 g/mol. The molecule has 0 aromatic heterocycles. The van der Waals surface area contributed by atoms with Gasteiger partial charge in [0.15, 0.2) is 5.78 Å². The maximum Gasteiger partial charge on any atom is 0.242 e. The van der Waals surface area contributed by atoms with Gasteiger partial charge in [0.1, 0.15) is 5.78 Å². The number of rotatable bonds is 19. The number of hydroxylamine groups is 6. The van der Waals surface area contributed by atoms with Gasteiger partial charge in [-0.3, -0.25) is 44.4 Å². The first kappa shape index (κ1) is 36.1. The Morgan fingerprint density at radius 1 is 0.718 bits per heavy atom. The van der Waals surface area contributed by atoms with E-state index < -0.39 is 47.4 Å². The van der Waals surface area contributed by atoms with Crippen molar-refractivity contribution < 1.29 is 44.4 Å². The minimum absolute atomic E-state index is 0.00725. The maximum absolute atomic E-state index is 13.3. The summed E-state index contributed by atoms with van der Waals surface area (Å²) in [5.74, 6) is -4.02. The highest BCUT2D eigenvalue weighted by Gasteiger charge is 2.30. The molecule has 0 rings (SSSR count). The number of carbonyl (C=O) groups is 6. The Balaban J connectivity index is 5.45. The van der Waals surface area contributed by atoms with Crippen LogP contribution >= 0.6 is 0 Å². The summed E-state index contributed by atoms with van der Waals surface area (Å²) in [4.78, 5) is 72.5. The molecule has 0 aliphatic heterocycles. The van der Waals surface area contributed by atoms with E-state index >= 15 is 0 Å². The molecule has 0 saturated carbocycles. The summed E-state index contributed by atoms with van der Waals surface area (Å²) in [7, 11) is 0. The summed E-state index contributed by atoms with van der Waals surface area (Å²) < 4.78 is 0. The number of hydrogen-bond acceptors (Lipinski definition) is 10. The van der Waals surface area contributed by atoms with Crippen LogP contribution in [0.4, 0.5) is 0 Å². The topological polar surface area (TPSA) is 211 Å². The number of nitrogens with one attached hydrogen (secondary N) is 1. The van der Waals surface area contributed by atoms with Crippen LogP contribution in [0.5, 0.6) is 0 Å². The lowest BCUT2D eigenvalue weighted by molar-refractivity contribution is -0.163. The van der Waals surface area contributed by atoms with E-state index in [1.165, 1.54) is 20.8 Å². The number of Topliss-reactive ketones (excluding diaryl/α,β-unsaturated/α-hetero) is 2. The smallest absolute Gasteiger partial charge is 0.242 e. The van der Waals surface area contributed by atoms with Crippen LogP contribution in [-0.2, 0) is 28.8 Å².